The Morgan fingerprint density at radius 1 is 0.833 bits per heavy atom. The van der Waals surface area contributed by atoms with Crippen LogP contribution >= 0.6 is 21.7 Å². The van der Waals surface area contributed by atoms with Gasteiger partial charge in [-0.05, 0) is 72.4 Å². The number of halogens is 1. The minimum atomic E-state index is -1.57. The first kappa shape index (κ1) is 47.7. The molecule has 2 unspecified atom stereocenters. The Morgan fingerprint density at radius 2 is 1.44 bits per heavy atom. The number of carboxylic acid groups (broad SMARTS) is 1. The van der Waals surface area contributed by atoms with Crippen molar-refractivity contribution in [2.24, 2.45) is 38.8 Å². The van der Waals surface area contributed by atoms with Gasteiger partial charge in [-0.1, -0.05) is 81.6 Å². The maximum atomic E-state index is 12.5. The minimum absolute atomic E-state index is 0.0609. The molecule has 0 fully saturated rings. The lowest BCUT2D eigenvalue weighted by molar-refractivity contribution is -0.160. The lowest BCUT2D eigenvalue weighted by atomic mass is 9.72. The lowest BCUT2D eigenvalue weighted by Gasteiger charge is -2.34. The summed E-state index contributed by atoms with van der Waals surface area (Å²) >= 11 is 0. The summed E-state index contributed by atoms with van der Waals surface area (Å²) in [6.45, 7) is 21.2. The van der Waals surface area contributed by atoms with Gasteiger partial charge in [0.05, 0.1) is 24.2 Å². The molecule has 12 nitrogen and oxygen atoms in total. The molecule has 0 heterocycles. The molecule has 0 spiro atoms. The van der Waals surface area contributed by atoms with Crippen molar-refractivity contribution >= 4 is 51.0 Å². The molecule has 14 heteroatoms. The molecule has 0 saturated carbocycles. The van der Waals surface area contributed by atoms with Gasteiger partial charge >= 0.3 is 23.4 Å². The summed E-state index contributed by atoms with van der Waals surface area (Å²) in [5.74, 6) is 0.174. The number of hydrogen-bond acceptors (Lipinski definition) is 10. The van der Waals surface area contributed by atoms with Gasteiger partial charge in [0.2, 0.25) is 0 Å². The zero-order valence-corrected chi connectivity index (χ0v) is 32.7. The van der Waals surface area contributed by atoms with Crippen molar-refractivity contribution in [3.8, 4) is 0 Å². The number of nitrogens with zero attached hydrogens (tertiary/aromatic N) is 1. The van der Waals surface area contributed by atoms with Crippen LogP contribution in [0.25, 0.3) is 0 Å². The molecule has 0 amide bonds. The van der Waals surface area contributed by atoms with E-state index in [0.29, 0.717) is 47.8 Å². The van der Waals surface area contributed by atoms with E-state index in [0.717, 1.165) is 32.1 Å². The van der Waals surface area contributed by atoms with Crippen LogP contribution in [0.5, 0.6) is 0 Å². The van der Waals surface area contributed by atoms with E-state index in [4.69, 9.17) is 35.7 Å². The molecule has 0 rings (SSSR count). The van der Waals surface area contributed by atoms with Gasteiger partial charge in [0.15, 0.2) is 5.96 Å². The fourth-order valence-electron chi connectivity index (χ4n) is 4.23. The third-order valence-electron chi connectivity index (χ3n) is 8.93. The third-order valence-corrected chi connectivity index (χ3v) is 9.55. The molecule has 2 atom stereocenters. The third kappa shape index (κ3) is 22.3. The highest BCUT2D eigenvalue weighted by Crippen LogP contribution is 2.37. The molecule has 0 aromatic heterocycles. The van der Waals surface area contributed by atoms with Crippen molar-refractivity contribution in [3.63, 3.8) is 0 Å². The lowest BCUT2D eigenvalue weighted by Crippen LogP contribution is -2.40. The normalized spacial score (nSPS) is 13.8. The van der Waals surface area contributed by atoms with Gasteiger partial charge in [-0.25, -0.2) is 14.6 Å². The quantitative estimate of drug-likeness (QED) is 0.0303. The van der Waals surface area contributed by atoms with E-state index >= 15 is 0 Å². The molecule has 4 N–H and O–H groups in total. The van der Waals surface area contributed by atoms with Gasteiger partial charge in [0.25, 0.3) is 0 Å². The number of carbonyl (C=O) groups is 4. The average Bonchev–Trinajstić information content (AvgIpc) is 3.03. The van der Waals surface area contributed by atoms with Crippen LogP contribution in [0.2, 0.25) is 0 Å². The smallest absolute Gasteiger partial charge is 0.465 e. The van der Waals surface area contributed by atoms with E-state index in [1.54, 1.807) is 0 Å². The van der Waals surface area contributed by atoms with Crippen LogP contribution in [0.4, 0.5) is 9.59 Å². The average molecular weight is 726 g/mol. The first-order valence-corrected chi connectivity index (χ1v) is 18.7. The Bertz CT molecular complexity index is 980. The van der Waals surface area contributed by atoms with E-state index in [2.05, 4.69) is 63.5 Å². The molecule has 0 aromatic carbocycles. The second kappa shape index (κ2) is 25.5. The van der Waals surface area contributed by atoms with Crippen molar-refractivity contribution in [3.05, 3.63) is 0 Å². The van der Waals surface area contributed by atoms with Crippen molar-refractivity contribution in [1.29, 1.82) is 0 Å². The predicted molar refractivity (Wildman–Crippen MR) is 193 cm³/mol. The zero-order chi connectivity index (χ0) is 37.4. The number of unbranched alkanes of at least 4 members (excludes halogenated alkanes) is 3. The number of nitrogens with two attached hydrogens (primary N) is 1. The highest BCUT2D eigenvalue weighted by molar-refractivity contribution is 8.32. The van der Waals surface area contributed by atoms with E-state index in [1.165, 1.54) is 19.8 Å². The maximum absolute atomic E-state index is 12.5. The van der Waals surface area contributed by atoms with Crippen LogP contribution in [0, 0.1) is 28.1 Å². The second-order valence-electron chi connectivity index (χ2n) is 13.8. The summed E-state index contributed by atoms with van der Waals surface area (Å²) in [7, 11) is 5.62. The Labute approximate surface area is 297 Å². The van der Waals surface area contributed by atoms with E-state index in [1.807, 2.05) is 13.8 Å². The van der Waals surface area contributed by atoms with Crippen molar-refractivity contribution in [2.45, 2.75) is 121 Å². The molecular weight excluding hydrogens is 662 g/mol. The number of nitrogens with one attached hydrogen (secondary N) is 1. The summed E-state index contributed by atoms with van der Waals surface area (Å²) in [5, 5.41) is 10.9. The predicted octanol–water partition coefficient (Wildman–Crippen LogP) is 8.19. The molecule has 0 saturated heterocycles. The van der Waals surface area contributed by atoms with Crippen molar-refractivity contribution < 1.29 is 43.2 Å². The maximum Gasteiger partial charge on any atom is 0.505 e. The van der Waals surface area contributed by atoms with Crippen LogP contribution in [0.1, 0.15) is 121 Å². The zero-order valence-electron chi connectivity index (χ0n) is 31.1. The van der Waals surface area contributed by atoms with Crippen LogP contribution in [0.15, 0.2) is 4.99 Å². The van der Waals surface area contributed by atoms with Gasteiger partial charge in [0.1, 0.15) is 25.2 Å². The molecule has 0 bridgehead atoms. The molecular formula is C34H64ClN3O9S. The van der Waals surface area contributed by atoms with Gasteiger partial charge < -0.3 is 35.1 Å². The number of esters is 2. The summed E-state index contributed by atoms with van der Waals surface area (Å²) in [6, 6.07) is 0. The number of ether oxygens (including phenoxy) is 4. The van der Waals surface area contributed by atoms with Crippen LogP contribution < -0.4 is 11.1 Å². The van der Waals surface area contributed by atoms with Gasteiger partial charge in [-0.3, -0.25) is 9.59 Å². The summed E-state index contributed by atoms with van der Waals surface area (Å²) < 4.78 is 20.0. The molecule has 0 aliphatic heterocycles. The summed E-state index contributed by atoms with van der Waals surface area (Å²) in [6.07, 6.45) is 5.67. The van der Waals surface area contributed by atoms with E-state index in [9.17, 15) is 19.2 Å². The number of aliphatic imine (C=N–C) groups is 1. The molecule has 282 valence electrons. The SMILES string of the molecule is CC.CC(C)C(C)(C)CCCC(C)C(C)(C)CCOC(=O)CN=C(N)NCCCCCCOC(=O)C(C)(COC(=O)O)COC(=O)SCl. The highest BCUT2D eigenvalue weighted by atomic mass is 35.7. The first-order chi connectivity index (χ1) is 22.4. The topological polar surface area (TPSA) is 176 Å². The monoisotopic (exact) mass is 725 g/mol. The Hall–Kier alpha value is -2.41. The Kier molecular flexibility index (Phi) is 25.4. The number of carbonyl (C=O) groups excluding carboxylic acids is 3. The molecule has 0 radical (unpaired) electrons. The van der Waals surface area contributed by atoms with Crippen molar-refractivity contribution in [1.82, 2.24) is 5.32 Å². The molecule has 0 aliphatic rings. The van der Waals surface area contributed by atoms with Crippen LogP contribution in [-0.4, -0.2) is 74.0 Å². The Balaban J connectivity index is 0. The minimum Gasteiger partial charge on any atom is -0.465 e. The second-order valence-corrected chi connectivity index (χ2v) is 14.8. The standard InChI is InChI=1S/C32H58ClN3O9S.C2H6/c1-23(2)30(4,5)15-13-14-24(3)31(6,7)16-19-42-25(37)20-36-27(34)35-17-11-9-10-12-18-43-26(38)32(8,21-44-28(39)40)22-45-29(41)46-33;1-2/h23-24H,9-22H2,1-8H3,(H,39,40)(H3,34,35,36);1-2H3. The van der Waals surface area contributed by atoms with Gasteiger partial charge in [-0.2, -0.15) is 0 Å². The molecule has 0 aliphatic carbocycles. The molecule has 48 heavy (non-hydrogen) atoms. The van der Waals surface area contributed by atoms with Crippen LogP contribution in [0.3, 0.4) is 0 Å². The molecule has 0 aromatic rings. The van der Waals surface area contributed by atoms with Gasteiger partial charge in [0, 0.05) is 6.54 Å². The van der Waals surface area contributed by atoms with Crippen LogP contribution in [-0.2, 0) is 28.5 Å². The Morgan fingerprint density at radius 3 is 2.02 bits per heavy atom. The van der Waals surface area contributed by atoms with Gasteiger partial charge in [-0.15, -0.1) is 0 Å². The number of guanidine groups is 1. The van der Waals surface area contributed by atoms with E-state index in [-0.39, 0.29) is 24.5 Å². The number of hydrogen-bond donors (Lipinski definition) is 3. The summed E-state index contributed by atoms with van der Waals surface area (Å²) in [4.78, 5) is 50.8. The fraction of sp³-hybridized carbons (Fsp3) is 0.853. The van der Waals surface area contributed by atoms with E-state index < -0.39 is 42.0 Å². The highest BCUT2D eigenvalue weighted by Gasteiger charge is 2.38. The van der Waals surface area contributed by atoms with Crippen molar-refractivity contribution in [2.75, 3.05) is 39.5 Å². The largest absolute Gasteiger partial charge is 0.505 e. The summed E-state index contributed by atoms with van der Waals surface area (Å²) in [5.41, 5.74) is 4.77. The first-order valence-electron chi connectivity index (χ1n) is 17.0. The fourth-order valence-corrected chi connectivity index (χ4v) is 4.46. The number of rotatable bonds is 23.